The number of esters is 2. The first kappa shape index (κ1) is 40.9. The highest BCUT2D eigenvalue weighted by Crippen LogP contribution is 2.15. The van der Waals surface area contributed by atoms with Crippen LogP contribution in [0.25, 0.3) is 0 Å². The van der Waals surface area contributed by atoms with E-state index in [1.54, 1.807) is 0 Å². The molecule has 0 aliphatic rings. The third kappa shape index (κ3) is 33.8. The van der Waals surface area contributed by atoms with Crippen molar-refractivity contribution in [3.8, 4) is 0 Å². The predicted octanol–water partition coefficient (Wildman–Crippen LogP) is 12.0. The van der Waals surface area contributed by atoms with Crippen molar-refractivity contribution in [2.75, 3.05) is 13.2 Å². The molecule has 0 aromatic rings. The largest absolute Gasteiger partial charge is 0.462 e. The third-order valence-electron chi connectivity index (χ3n) is 8.88. The topological polar surface area (TPSA) is 72.8 Å². The maximum Gasteiger partial charge on any atom is 0.306 e. The van der Waals surface area contributed by atoms with Gasteiger partial charge in [-0.3, -0.25) is 9.59 Å². The summed E-state index contributed by atoms with van der Waals surface area (Å²) in [5.74, 6) is -0.566. The number of carbonyl (C=O) groups excluding carboxylic acids is 2. The van der Waals surface area contributed by atoms with E-state index in [-0.39, 0.29) is 25.2 Å². The van der Waals surface area contributed by atoms with Crippen LogP contribution in [0, 0.1) is 0 Å². The lowest BCUT2D eigenvalue weighted by molar-refractivity contribution is -0.161. The van der Waals surface area contributed by atoms with E-state index in [9.17, 15) is 9.59 Å². The Morgan fingerprint density at radius 2 is 0.773 bits per heavy atom. The molecule has 5 heteroatoms. The van der Waals surface area contributed by atoms with E-state index < -0.39 is 6.10 Å². The Balaban J connectivity index is 3.59. The molecule has 0 aliphatic heterocycles. The first-order valence-corrected chi connectivity index (χ1v) is 19.6. The van der Waals surface area contributed by atoms with Crippen molar-refractivity contribution in [2.45, 2.75) is 225 Å². The molecule has 0 saturated heterocycles. The van der Waals surface area contributed by atoms with Crippen LogP contribution in [-0.2, 0) is 19.1 Å². The van der Waals surface area contributed by atoms with Crippen LogP contribution in [0.3, 0.4) is 0 Å². The monoisotopic (exact) mass is 626 g/mol. The zero-order chi connectivity index (χ0) is 32.9. The molecule has 0 bridgehead atoms. The quantitative estimate of drug-likeness (QED) is 0.0549. The zero-order valence-electron chi connectivity index (χ0n) is 30.7. The van der Waals surface area contributed by atoms with E-state index in [0.29, 0.717) is 12.8 Å². The summed E-state index contributed by atoms with van der Waals surface area (Å²) in [5.41, 5.74) is 0. The lowest BCUT2D eigenvalue weighted by atomic mass is 10.0. The second kappa shape index (κ2) is 36.4. The highest BCUT2D eigenvalue weighted by Gasteiger charge is 2.16. The summed E-state index contributed by atoms with van der Waals surface area (Å²) in [6.45, 7) is 4.41. The molecule has 44 heavy (non-hydrogen) atoms. The van der Waals surface area contributed by atoms with E-state index in [2.05, 4.69) is 19.0 Å². The molecule has 0 radical (unpaired) electrons. The Labute approximate surface area is 275 Å². The van der Waals surface area contributed by atoms with Crippen molar-refractivity contribution in [2.24, 2.45) is 0 Å². The molecule has 0 saturated carbocycles. The summed E-state index contributed by atoms with van der Waals surface area (Å²) in [6, 6.07) is 0. The lowest BCUT2D eigenvalue weighted by Gasteiger charge is -2.15. The van der Waals surface area contributed by atoms with Crippen LogP contribution in [0.2, 0.25) is 0 Å². The van der Waals surface area contributed by atoms with Crippen molar-refractivity contribution in [1.29, 1.82) is 1.43 Å². The standard InChI is InChI=1S/C39H76O5/c1-3-5-7-9-11-13-15-17-19-21-23-25-27-29-31-33-38(41)43-36-37(35-40)44-39(42)34-32-30-28-26-24-22-20-18-16-14-12-10-8-6-4-2/h37,40H,3-36H2,1-2H3/i40D. The Hall–Kier alpha value is -1.10. The van der Waals surface area contributed by atoms with Gasteiger partial charge in [0.25, 0.3) is 0 Å². The van der Waals surface area contributed by atoms with Crippen LogP contribution >= 0.6 is 0 Å². The van der Waals surface area contributed by atoms with Gasteiger partial charge in [0.05, 0.1) is 6.61 Å². The summed E-state index contributed by atoms with van der Waals surface area (Å²) in [6.07, 6.45) is 38.7. The smallest absolute Gasteiger partial charge is 0.306 e. The maximum atomic E-state index is 12.3. The minimum absolute atomic E-state index is 0.0406. The van der Waals surface area contributed by atoms with E-state index >= 15 is 0 Å². The molecule has 0 aromatic carbocycles. The van der Waals surface area contributed by atoms with Crippen molar-refractivity contribution >= 4 is 11.9 Å². The van der Waals surface area contributed by atoms with Gasteiger partial charge < -0.3 is 14.6 Å². The van der Waals surface area contributed by atoms with E-state index in [0.717, 1.165) is 38.5 Å². The van der Waals surface area contributed by atoms with Gasteiger partial charge in [-0.1, -0.05) is 194 Å². The lowest BCUT2D eigenvalue weighted by Crippen LogP contribution is -2.28. The summed E-state index contributed by atoms with van der Waals surface area (Å²) >= 11 is 0. The van der Waals surface area contributed by atoms with Gasteiger partial charge in [0, 0.05) is 12.8 Å². The van der Waals surface area contributed by atoms with Gasteiger partial charge in [0.1, 0.15) is 6.61 Å². The molecule has 1 N–H and O–H groups in total. The molecule has 0 aliphatic carbocycles. The number of hydrogen-bond donors (Lipinski definition) is 1. The molecule has 1 unspecified atom stereocenters. The van der Waals surface area contributed by atoms with Gasteiger partial charge in [-0.15, -0.1) is 0 Å². The van der Waals surface area contributed by atoms with Gasteiger partial charge >= 0.3 is 11.9 Å². The van der Waals surface area contributed by atoms with E-state index in [4.69, 9.17) is 10.9 Å². The number of rotatable bonds is 37. The molecule has 262 valence electrons. The third-order valence-corrected chi connectivity index (χ3v) is 8.88. The molecular weight excluding hydrogens is 548 g/mol. The Kier molecular flexibility index (Phi) is 33.8. The van der Waals surface area contributed by atoms with Crippen molar-refractivity contribution in [1.82, 2.24) is 0 Å². The number of aliphatic hydroxyl groups is 1. The van der Waals surface area contributed by atoms with Crippen LogP contribution < -0.4 is 0 Å². The first-order chi connectivity index (χ1) is 22.1. The highest BCUT2D eigenvalue weighted by atomic mass is 16.6. The molecule has 1 atom stereocenters. The SMILES string of the molecule is [2H]OCC(COC(=O)CCCCCCCCCCCCCCCCC)OC(=O)CCCCCCCCCCCCCCCCC. The molecule has 0 rings (SSSR count). The number of ether oxygens (including phenoxy) is 2. The number of hydrogen-bond acceptors (Lipinski definition) is 5. The summed E-state index contributed by atoms with van der Waals surface area (Å²) in [4.78, 5) is 24.4. The van der Waals surface area contributed by atoms with Gasteiger partial charge in [-0.2, -0.15) is 0 Å². The predicted molar refractivity (Wildman–Crippen MR) is 187 cm³/mol. The van der Waals surface area contributed by atoms with Crippen LogP contribution in [0.15, 0.2) is 0 Å². The first-order valence-electron chi connectivity index (χ1n) is 20.0. The minimum Gasteiger partial charge on any atom is -0.462 e. The normalized spacial score (nSPS) is 12.3. The van der Waals surface area contributed by atoms with Crippen molar-refractivity contribution in [3.63, 3.8) is 0 Å². The number of aliphatic hydroxyl groups excluding tert-OH is 1. The van der Waals surface area contributed by atoms with E-state index in [1.807, 2.05) is 0 Å². The summed E-state index contributed by atoms with van der Waals surface area (Å²) in [5, 5.41) is 4.44. The Morgan fingerprint density at radius 3 is 1.09 bits per heavy atom. The fourth-order valence-corrected chi connectivity index (χ4v) is 5.90. The summed E-state index contributed by atoms with van der Waals surface area (Å²) in [7, 11) is 0. The average molecular weight is 626 g/mol. The van der Waals surface area contributed by atoms with Crippen LogP contribution in [0.5, 0.6) is 0 Å². The van der Waals surface area contributed by atoms with Crippen molar-refractivity contribution in [3.05, 3.63) is 0 Å². The Bertz CT molecular complexity index is 614. The Morgan fingerprint density at radius 1 is 0.477 bits per heavy atom. The van der Waals surface area contributed by atoms with Crippen LogP contribution in [-0.4, -0.2) is 37.8 Å². The number of carbonyl (C=O) groups is 2. The zero-order valence-corrected chi connectivity index (χ0v) is 29.7. The average Bonchev–Trinajstić information content (AvgIpc) is 3.03. The number of unbranched alkanes of at least 4 members (excludes halogenated alkanes) is 28. The maximum absolute atomic E-state index is 12.3. The van der Waals surface area contributed by atoms with Gasteiger partial charge in [-0.25, -0.2) is 0 Å². The molecule has 0 heterocycles. The second-order valence-electron chi connectivity index (χ2n) is 13.4. The van der Waals surface area contributed by atoms with Crippen LogP contribution in [0.1, 0.15) is 219 Å². The van der Waals surface area contributed by atoms with E-state index in [1.165, 1.54) is 154 Å². The van der Waals surface area contributed by atoms with Gasteiger partial charge in [0.2, 0.25) is 1.43 Å². The fraction of sp³-hybridized carbons (Fsp3) is 0.949. The molecular formula is C39H76O5. The van der Waals surface area contributed by atoms with Gasteiger partial charge in [-0.05, 0) is 12.8 Å². The molecule has 0 amide bonds. The summed E-state index contributed by atoms with van der Waals surface area (Å²) < 4.78 is 17.8. The second-order valence-corrected chi connectivity index (χ2v) is 13.4. The molecule has 0 aromatic heterocycles. The van der Waals surface area contributed by atoms with Crippen molar-refractivity contribution < 1.29 is 24.2 Å². The molecule has 0 fully saturated rings. The minimum atomic E-state index is -0.712. The van der Waals surface area contributed by atoms with Crippen LogP contribution in [0.4, 0.5) is 0 Å². The fourth-order valence-electron chi connectivity index (χ4n) is 5.90. The highest BCUT2D eigenvalue weighted by molar-refractivity contribution is 5.70. The van der Waals surface area contributed by atoms with Gasteiger partial charge in [0.15, 0.2) is 6.10 Å². The molecule has 0 spiro atoms. The molecule has 5 nitrogen and oxygen atoms in total.